The molecule has 1 aromatic heterocycles. The van der Waals surface area contributed by atoms with Crippen LogP contribution in [0.25, 0.3) is 10.4 Å². The van der Waals surface area contributed by atoms with Gasteiger partial charge in [-0.05, 0) is 60.2 Å². The molecule has 26 heavy (non-hydrogen) atoms. The fraction of sp³-hybridized carbons (Fsp3) is 0.150. The van der Waals surface area contributed by atoms with Gasteiger partial charge in [0.25, 0.3) is 5.91 Å². The summed E-state index contributed by atoms with van der Waals surface area (Å²) in [6.07, 6.45) is 0. The first-order valence-electron chi connectivity index (χ1n) is 8.18. The second-order valence-corrected chi connectivity index (χ2v) is 6.79. The lowest BCUT2D eigenvalue weighted by atomic mass is 10.1. The van der Waals surface area contributed by atoms with Crippen LogP contribution in [-0.4, -0.2) is 26.2 Å². The Kier molecular flexibility index (Phi) is 4.50. The van der Waals surface area contributed by atoms with Crippen LogP contribution in [0.3, 0.4) is 0 Å². The van der Waals surface area contributed by atoms with Crippen LogP contribution in [0.2, 0.25) is 0 Å². The highest BCUT2D eigenvalue weighted by atomic mass is 32.1. The minimum atomic E-state index is -0.135. The van der Waals surface area contributed by atoms with Gasteiger partial charge in [-0.25, -0.2) is 0 Å². The van der Waals surface area contributed by atoms with Gasteiger partial charge >= 0.3 is 0 Å². The van der Waals surface area contributed by atoms with Crippen LogP contribution in [0.4, 0.5) is 5.69 Å². The van der Waals surface area contributed by atoms with Crippen molar-refractivity contribution in [3.63, 3.8) is 0 Å². The van der Waals surface area contributed by atoms with E-state index in [4.69, 9.17) is 14.2 Å². The lowest BCUT2D eigenvalue weighted by Crippen LogP contribution is -2.15. The SMILES string of the molecule is COc1ccc(NC(=O)c2ccc(-c3ccc4c(c3)OCCO4)s2)cc1. The molecule has 1 aliphatic rings. The summed E-state index contributed by atoms with van der Waals surface area (Å²) in [4.78, 5) is 14.1. The Morgan fingerprint density at radius 3 is 2.54 bits per heavy atom. The number of nitrogens with one attached hydrogen (secondary N) is 1. The van der Waals surface area contributed by atoms with Crippen LogP contribution < -0.4 is 19.5 Å². The van der Waals surface area contributed by atoms with Gasteiger partial charge in [-0.3, -0.25) is 4.79 Å². The summed E-state index contributed by atoms with van der Waals surface area (Å²) in [5.41, 5.74) is 1.73. The van der Waals surface area contributed by atoms with E-state index in [2.05, 4.69) is 5.32 Å². The third kappa shape index (κ3) is 3.36. The second-order valence-electron chi connectivity index (χ2n) is 5.70. The van der Waals surface area contributed by atoms with Gasteiger partial charge in [0.15, 0.2) is 11.5 Å². The number of ether oxygens (including phenoxy) is 3. The largest absolute Gasteiger partial charge is 0.497 e. The highest BCUT2D eigenvalue weighted by Crippen LogP contribution is 2.37. The van der Waals surface area contributed by atoms with Crippen molar-refractivity contribution in [3.05, 3.63) is 59.5 Å². The Morgan fingerprint density at radius 1 is 1.00 bits per heavy atom. The Labute approximate surface area is 155 Å². The van der Waals surface area contributed by atoms with E-state index < -0.39 is 0 Å². The first-order valence-corrected chi connectivity index (χ1v) is 9.00. The molecule has 0 spiro atoms. The molecule has 1 N–H and O–H groups in total. The van der Waals surface area contributed by atoms with Crippen LogP contribution in [-0.2, 0) is 0 Å². The fourth-order valence-corrected chi connectivity index (χ4v) is 3.58. The summed E-state index contributed by atoms with van der Waals surface area (Å²) in [6.45, 7) is 1.12. The third-order valence-corrected chi connectivity index (χ3v) is 5.14. The highest BCUT2D eigenvalue weighted by Gasteiger charge is 2.15. The van der Waals surface area contributed by atoms with E-state index in [1.165, 1.54) is 11.3 Å². The molecule has 0 fully saturated rings. The van der Waals surface area contributed by atoms with Gasteiger partial charge in [-0.2, -0.15) is 0 Å². The summed E-state index contributed by atoms with van der Waals surface area (Å²) in [5.74, 6) is 2.12. The van der Waals surface area contributed by atoms with Crippen molar-refractivity contribution in [1.82, 2.24) is 0 Å². The normalized spacial score (nSPS) is 12.5. The van der Waals surface area contributed by atoms with Gasteiger partial charge in [0.05, 0.1) is 12.0 Å². The fourth-order valence-electron chi connectivity index (χ4n) is 2.68. The molecule has 3 aromatic rings. The van der Waals surface area contributed by atoms with Crippen molar-refractivity contribution < 1.29 is 19.0 Å². The second kappa shape index (κ2) is 7.09. The maximum Gasteiger partial charge on any atom is 0.265 e. The number of methoxy groups -OCH3 is 1. The number of carbonyl (C=O) groups is 1. The monoisotopic (exact) mass is 367 g/mol. The predicted molar refractivity (Wildman–Crippen MR) is 102 cm³/mol. The van der Waals surface area contributed by atoms with E-state index in [1.54, 1.807) is 7.11 Å². The van der Waals surface area contributed by atoms with Crippen LogP contribution in [0, 0.1) is 0 Å². The van der Waals surface area contributed by atoms with E-state index >= 15 is 0 Å². The van der Waals surface area contributed by atoms with Crippen molar-refractivity contribution in [2.75, 3.05) is 25.6 Å². The minimum Gasteiger partial charge on any atom is -0.497 e. The third-order valence-electron chi connectivity index (χ3n) is 4.00. The number of hydrogen-bond donors (Lipinski definition) is 1. The van der Waals surface area contributed by atoms with Crippen LogP contribution in [0.15, 0.2) is 54.6 Å². The molecule has 0 radical (unpaired) electrons. The molecule has 5 nitrogen and oxygen atoms in total. The standard InChI is InChI=1S/C20H17NO4S/c1-23-15-5-3-14(4-6-15)21-20(22)19-9-8-18(26-19)13-2-7-16-17(12-13)25-11-10-24-16/h2-9,12H,10-11H2,1H3,(H,21,22). The van der Waals surface area contributed by atoms with Crippen LogP contribution >= 0.6 is 11.3 Å². The molecule has 0 unspecified atom stereocenters. The zero-order valence-corrected chi connectivity index (χ0v) is 15.0. The van der Waals surface area contributed by atoms with Crippen molar-refractivity contribution in [3.8, 4) is 27.7 Å². The number of amides is 1. The topological polar surface area (TPSA) is 56.8 Å². The summed E-state index contributed by atoms with van der Waals surface area (Å²) in [6, 6.07) is 16.8. The first-order chi connectivity index (χ1) is 12.7. The summed E-state index contributed by atoms with van der Waals surface area (Å²) >= 11 is 1.44. The van der Waals surface area contributed by atoms with Gasteiger partial charge in [0.2, 0.25) is 0 Å². The molecule has 2 heterocycles. The van der Waals surface area contributed by atoms with Gasteiger partial charge in [-0.15, -0.1) is 11.3 Å². The first kappa shape index (κ1) is 16.5. The molecular weight excluding hydrogens is 350 g/mol. The van der Waals surface area contributed by atoms with E-state index in [0.29, 0.717) is 18.1 Å². The zero-order valence-electron chi connectivity index (χ0n) is 14.2. The number of thiophene rings is 1. The smallest absolute Gasteiger partial charge is 0.265 e. The Morgan fingerprint density at radius 2 is 1.77 bits per heavy atom. The molecule has 0 bridgehead atoms. The van der Waals surface area contributed by atoms with Crippen molar-refractivity contribution in [2.45, 2.75) is 0 Å². The Bertz CT molecular complexity index is 933. The predicted octanol–water partition coefficient (Wildman–Crippen LogP) is 4.45. The summed E-state index contributed by atoms with van der Waals surface area (Å²) < 4.78 is 16.3. The summed E-state index contributed by atoms with van der Waals surface area (Å²) in [7, 11) is 1.61. The lowest BCUT2D eigenvalue weighted by Gasteiger charge is -2.18. The molecular formula is C20H17NO4S. The average Bonchev–Trinajstić information content (AvgIpc) is 3.18. The molecule has 1 amide bonds. The van der Waals surface area contributed by atoms with Crippen LogP contribution in [0.5, 0.6) is 17.2 Å². The lowest BCUT2D eigenvalue weighted by molar-refractivity contribution is 0.103. The molecule has 0 saturated heterocycles. The number of hydrogen-bond acceptors (Lipinski definition) is 5. The zero-order chi connectivity index (χ0) is 17.9. The molecule has 0 atom stereocenters. The molecule has 6 heteroatoms. The van der Waals surface area contributed by atoms with E-state index in [9.17, 15) is 4.79 Å². The molecule has 132 valence electrons. The van der Waals surface area contributed by atoms with E-state index in [1.807, 2.05) is 54.6 Å². The maximum absolute atomic E-state index is 12.5. The minimum absolute atomic E-state index is 0.135. The molecule has 4 rings (SSSR count). The number of benzene rings is 2. The van der Waals surface area contributed by atoms with Gasteiger partial charge in [0.1, 0.15) is 19.0 Å². The molecule has 2 aromatic carbocycles. The molecule has 0 aliphatic carbocycles. The molecule has 0 saturated carbocycles. The summed E-state index contributed by atoms with van der Waals surface area (Å²) in [5, 5.41) is 2.90. The van der Waals surface area contributed by atoms with E-state index in [-0.39, 0.29) is 5.91 Å². The van der Waals surface area contributed by atoms with Gasteiger partial charge < -0.3 is 19.5 Å². The number of anilines is 1. The highest BCUT2D eigenvalue weighted by molar-refractivity contribution is 7.17. The van der Waals surface area contributed by atoms with Crippen molar-refractivity contribution >= 4 is 22.9 Å². The van der Waals surface area contributed by atoms with Gasteiger partial charge in [0, 0.05) is 10.6 Å². The quantitative estimate of drug-likeness (QED) is 0.740. The Balaban J connectivity index is 1.51. The number of fused-ring (bicyclic) bond motifs is 1. The maximum atomic E-state index is 12.5. The molecule has 1 aliphatic heterocycles. The average molecular weight is 367 g/mol. The van der Waals surface area contributed by atoms with Crippen LogP contribution in [0.1, 0.15) is 9.67 Å². The Hall–Kier alpha value is -2.99. The number of carbonyl (C=O) groups excluding carboxylic acids is 1. The van der Waals surface area contributed by atoms with Gasteiger partial charge in [-0.1, -0.05) is 0 Å². The number of rotatable bonds is 4. The van der Waals surface area contributed by atoms with Crippen molar-refractivity contribution in [2.24, 2.45) is 0 Å². The van der Waals surface area contributed by atoms with Crippen molar-refractivity contribution in [1.29, 1.82) is 0 Å². The van der Waals surface area contributed by atoms with E-state index in [0.717, 1.165) is 33.4 Å².